The summed E-state index contributed by atoms with van der Waals surface area (Å²) < 4.78 is 10.3. The maximum absolute atomic E-state index is 10.5. The summed E-state index contributed by atoms with van der Waals surface area (Å²) in [7, 11) is 0. The minimum absolute atomic E-state index is 0. The Morgan fingerprint density at radius 2 is 1.95 bits per heavy atom. The number of aliphatic carboxylic acids is 1. The molecule has 7 nitrogen and oxygen atoms in total. The number of aliphatic hydroxyl groups is 3. The van der Waals surface area contributed by atoms with E-state index in [-0.39, 0.29) is 29.6 Å². The van der Waals surface area contributed by atoms with E-state index in [1.54, 1.807) is 0 Å². The predicted octanol–water partition coefficient (Wildman–Crippen LogP) is -4.86. The van der Waals surface area contributed by atoms with Crippen LogP contribution in [0.25, 0.3) is 0 Å². The van der Waals surface area contributed by atoms with Crippen molar-refractivity contribution in [1.82, 2.24) is 0 Å². The van der Waals surface area contributed by atoms with Gasteiger partial charge in [0.25, 0.3) is 0 Å². The topological polar surface area (TPSA) is 119 Å². The number of carbonyl (C=O) groups excluding carboxylic acids is 1. The molecular formula is C12H21NaO7. The van der Waals surface area contributed by atoms with Crippen molar-refractivity contribution in [2.45, 2.75) is 63.3 Å². The molecule has 0 amide bonds. The molecule has 0 spiro atoms. The second kappa shape index (κ2) is 10.1. The van der Waals surface area contributed by atoms with Crippen LogP contribution in [0.1, 0.15) is 32.6 Å². The fourth-order valence-corrected chi connectivity index (χ4v) is 1.93. The average molecular weight is 300 g/mol. The van der Waals surface area contributed by atoms with Gasteiger partial charge in [0.1, 0.15) is 24.4 Å². The van der Waals surface area contributed by atoms with Crippen molar-refractivity contribution < 1.29 is 64.3 Å². The fraction of sp³-hybridized carbons (Fsp3) is 0.917. The monoisotopic (exact) mass is 300 g/mol. The Bertz CT molecular complexity index is 289. The number of ether oxygens (including phenoxy) is 2. The van der Waals surface area contributed by atoms with Crippen LogP contribution >= 0.6 is 0 Å². The minimum Gasteiger partial charge on any atom is -0.547 e. The second-order valence-corrected chi connectivity index (χ2v) is 4.65. The van der Waals surface area contributed by atoms with E-state index in [2.05, 4.69) is 6.92 Å². The Balaban J connectivity index is 0.00000361. The van der Waals surface area contributed by atoms with Crippen molar-refractivity contribution in [2.24, 2.45) is 0 Å². The molecule has 1 heterocycles. The molecule has 1 aliphatic rings. The number of unbranched alkanes of at least 4 members (excludes halogenated alkanes) is 3. The van der Waals surface area contributed by atoms with E-state index >= 15 is 0 Å². The van der Waals surface area contributed by atoms with Gasteiger partial charge in [0.05, 0.1) is 5.97 Å². The van der Waals surface area contributed by atoms with Gasteiger partial charge in [0.2, 0.25) is 0 Å². The summed E-state index contributed by atoms with van der Waals surface area (Å²) in [5.74, 6) is -1.76. The van der Waals surface area contributed by atoms with E-state index in [9.17, 15) is 25.2 Å². The summed E-state index contributed by atoms with van der Waals surface area (Å²) >= 11 is 0. The Morgan fingerprint density at radius 3 is 2.50 bits per heavy atom. The third-order valence-electron chi connectivity index (χ3n) is 3.09. The van der Waals surface area contributed by atoms with Crippen LogP contribution in [0.3, 0.4) is 0 Å². The molecule has 1 aliphatic heterocycles. The quantitative estimate of drug-likeness (QED) is 0.304. The summed E-state index contributed by atoms with van der Waals surface area (Å²) in [6.45, 7) is 2.41. The molecule has 0 aromatic heterocycles. The van der Waals surface area contributed by atoms with E-state index in [0.717, 1.165) is 25.7 Å². The van der Waals surface area contributed by atoms with Crippen LogP contribution in [0.5, 0.6) is 0 Å². The maximum atomic E-state index is 10.5. The summed E-state index contributed by atoms with van der Waals surface area (Å²) in [6, 6.07) is 0. The van der Waals surface area contributed by atoms with Crippen molar-refractivity contribution in [3.05, 3.63) is 0 Å². The summed E-state index contributed by atoms with van der Waals surface area (Å²) in [5, 5.41) is 39.0. The molecule has 0 unspecified atom stereocenters. The molecule has 20 heavy (non-hydrogen) atoms. The van der Waals surface area contributed by atoms with Gasteiger partial charge in [0, 0.05) is 6.61 Å². The predicted molar refractivity (Wildman–Crippen MR) is 61.8 cm³/mol. The van der Waals surface area contributed by atoms with Gasteiger partial charge in [0.15, 0.2) is 6.29 Å². The second-order valence-electron chi connectivity index (χ2n) is 4.65. The van der Waals surface area contributed by atoms with E-state index in [4.69, 9.17) is 9.47 Å². The first-order chi connectivity index (χ1) is 8.99. The normalized spacial score (nSPS) is 30.8. The molecule has 0 aromatic rings. The zero-order chi connectivity index (χ0) is 14.4. The van der Waals surface area contributed by atoms with Gasteiger partial charge in [-0.15, -0.1) is 0 Å². The maximum Gasteiger partial charge on any atom is 1.00 e. The minimum atomic E-state index is -2.00. The first kappa shape index (κ1) is 20.3. The first-order valence-corrected chi connectivity index (χ1v) is 6.51. The van der Waals surface area contributed by atoms with Crippen LogP contribution < -0.4 is 34.7 Å². The van der Waals surface area contributed by atoms with Gasteiger partial charge in [-0.1, -0.05) is 26.2 Å². The molecule has 0 radical (unpaired) electrons. The number of hydrogen-bond donors (Lipinski definition) is 3. The summed E-state index contributed by atoms with van der Waals surface area (Å²) in [4.78, 5) is 10.5. The number of rotatable bonds is 8. The Hall–Kier alpha value is 0.270. The Morgan fingerprint density at radius 1 is 1.30 bits per heavy atom. The van der Waals surface area contributed by atoms with E-state index in [1.807, 2.05) is 0 Å². The molecule has 112 valence electrons. The molecule has 0 aromatic carbocycles. The van der Waals surface area contributed by atoms with Gasteiger partial charge >= 0.3 is 29.6 Å². The van der Waals surface area contributed by atoms with Crippen LogP contribution in [0.15, 0.2) is 0 Å². The van der Waals surface area contributed by atoms with E-state index in [0.29, 0.717) is 6.61 Å². The van der Waals surface area contributed by atoms with Crippen molar-refractivity contribution in [2.75, 3.05) is 6.61 Å². The van der Waals surface area contributed by atoms with Crippen LogP contribution in [0.2, 0.25) is 0 Å². The number of carboxylic acid groups (broad SMARTS) is 1. The third kappa shape index (κ3) is 5.57. The fourth-order valence-electron chi connectivity index (χ4n) is 1.93. The molecule has 0 bridgehead atoms. The molecule has 1 fully saturated rings. The Labute approximate surface area is 140 Å². The van der Waals surface area contributed by atoms with Crippen molar-refractivity contribution in [1.29, 1.82) is 0 Å². The third-order valence-corrected chi connectivity index (χ3v) is 3.09. The standard InChI is InChI=1S/C12H22O7.Na/c1-2-3-4-5-6-18-12-8(14)7(13)10(19-12)9(15)11(16)17;/h7-10,12-15H,2-6H2,1H3,(H,16,17);/q;+1/p-1/t7-,8-,9+,10-,12+;/m1./s1. The van der Waals surface area contributed by atoms with Crippen LogP contribution in [0.4, 0.5) is 0 Å². The zero-order valence-electron chi connectivity index (χ0n) is 11.9. The molecule has 0 saturated carbocycles. The van der Waals surface area contributed by atoms with E-state index < -0.39 is 36.7 Å². The van der Waals surface area contributed by atoms with Crippen molar-refractivity contribution in [3.8, 4) is 0 Å². The van der Waals surface area contributed by atoms with Crippen LogP contribution in [-0.4, -0.2) is 58.6 Å². The smallest absolute Gasteiger partial charge is 0.547 e. The van der Waals surface area contributed by atoms with Crippen LogP contribution in [-0.2, 0) is 14.3 Å². The molecule has 0 aliphatic carbocycles. The number of carboxylic acids is 1. The molecule has 3 N–H and O–H groups in total. The van der Waals surface area contributed by atoms with Gasteiger partial charge in [-0.25, -0.2) is 0 Å². The Kier molecular flexibility index (Phi) is 10.2. The molecular weight excluding hydrogens is 279 g/mol. The van der Waals surface area contributed by atoms with Gasteiger partial charge in [-0.3, -0.25) is 0 Å². The SMILES string of the molecule is CCCCCCO[C@H]1O[C@@H]([C@H](O)C(=O)[O-])[C@H](O)[C@H]1O.[Na+]. The zero-order valence-corrected chi connectivity index (χ0v) is 13.9. The molecule has 8 heteroatoms. The largest absolute Gasteiger partial charge is 1.00 e. The summed E-state index contributed by atoms with van der Waals surface area (Å²) in [6.07, 6.45) is -3.56. The average Bonchev–Trinajstić information content (AvgIpc) is 2.65. The number of hydrogen-bond acceptors (Lipinski definition) is 7. The molecule has 1 rings (SSSR count). The first-order valence-electron chi connectivity index (χ1n) is 6.51. The van der Waals surface area contributed by atoms with Crippen molar-refractivity contribution >= 4 is 5.97 Å². The van der Waals surface area contributed by atoms with Gasteiger partial charge in [-0.2, -0.15) is 0 Å². The van der Waals surface area contributed by atoms with E-state index in [1.165, 1.54) is 0 Å². The van der Waals surface area contributed by atoms with Crippen molar-refractivity contribution in [3.63, 3.8) is 0 Å². The number of aliphatic hydroxyl groups excluding tert-OH is 3. The molecule has 5 atom stereocenters. The molecule has 1 saturated heterocycles. The summed E-state index contributed by atoms with van der Waals surface area (Å²) in [5.41, 5.74) is 0. The van der Waals surface area contributed by atoms with Gasteiger partial charge < -0.3 is 34.7 Å². The number of carbonyl (C=O) groups is 1. The van der Waals surface area contributed by atoms with Crippen LogP contribution in [0, 0.1) is 0 Å². The van der Waals surface area contributed by atoms with Gasteiger partial charge in [-0.05, 0) is 6.42 Å².